The first-order chi connectivity index (χ1) is 17.6. The first-order valence-corrected chi connectivity index (χ1v) is 12.5. The van der Waals surface area contributed by atoms with Crippen molar-refractivity contribution in [2.75, 3.05) is 11.9 Å². The Morgan fingerprint density at radius 3 is 2.81 bits per heavy atom. The SMILES string of the molecule is C[C@H](NC1CCc2cc(F)cc(F)c2C1)C(=O)Nc1cn(C(C)(C)C(=O)NCCCn2ccnc2)cn1. The van der Waals surface area contributed by atoms with Crippen LogP contribution < -0.4 is 16.0 Å². The van der Waals surface area contributed by atoms with E-state index < -0.39 is 23.2 Å². The summed E-state index contributed by atoms with van der Waals surface area (Å²) in [5.41, 5.74) is 0.273. The summed E-state index contributed by atoms with van der Waals surface area (Å²) in [4.78, 5) is 33.8. The molecule has 9 nitrogen and oxygen atoms in total. The van der Waals surface area contributed by atoms with Crippen LogP contribution in [0.2, 0.25) is 0 Å². The van der Waals surface area contributed by atoms with Gasteiger partial charge in [0.05, 0.1) is 18.7 Å². The molecule has 2 atom stereocenters. The molecule has 0 saturated carbocycles. The van der Waals surface area contributed by atoms with Crippen LogP contribution in [0, 0.1) is 11.6 Å². The zero-order valence-electron chi connectivity index (χ0n) is 21.3. The topological polar surface area (TPSA) is 106 Å². The maximum absolute atomic E-state index is 14.2. The lowest BCUT2D eigenvalue weighted by Crippen LogP contribution is -2.46. The van der Waals surface area contributed by atoms with E-state index in [4.69, 9.17) is 0 Å². The number of nitrogens with zero attached hydrogens (tertiary/aromatic N) is 4. The maximum Gasteiger partial charge on any atom is 0.245 e. The Morgan fingerprint density at radius 2 is 2.05 bits per heavy atom. The molecule has 0 radical (unpaired) electrons. The lowest BCUT2D eigenvalue weighted by Gasteiger charge is -2.28. The summed E-state index contributed by atoms with van der Waals surface area (Å²) in [5, 5.41) is 8.96. The number of imidazole rings is 2. The van der Waals surface area contributed by atoms with Crippen molar-refractivity contribution in [2.24, 2.45) is 0 Å². The molecule has 1 aliphatic carbocycles. The minimum atomic E-state index is -0.909. The number of fused-ring (bicyclic) bond motifs is 1. The van der Waals surface area contributed by atoms with Gasteiger partial charge in [0.2, 0.25) is 11.8 Å². The molecule has 0 bridgehead atoms. The number of aromatic nitrogens is 4. The number of carbonyl (C=O) groups excluding carboxylic acids is 2. The second-order valence-electron chi connectivity index (χ2n) is 9.98. The number of anilines is 1. The lowest BCUT2D eigenvalue weighted by atomic mass is 9.87. The van der Waals surface area contributed by atoms with Crippen molar-refractivity contribution in [1.29, 1.82) is 0 Å². The average Bonchev–Trinajstić information content (AvgIpc) is 3.54. The summed E-state index contributed by atoms with van der Waals surface area (Å²) in [6, 6.07) is 1.61. The van der Waals surface area contributed by atoms with Crippen molar-refractivity contribution in [2.45, 2.75) is 70.6 Å². The van der Waals surface area contributed by atoms with E-state index in [-0.39, 0.29) is 17.9 Å². The second-order valence-corrected chi connectivity index (χ2v) is 9.98. The molecule has 0 saturated heterocycles. The molecule has 1 aromatic carbocycles. The average molecular weight is 514 g/mol. The van der Waals surface area contributed by atoms with Crippen LogP contribution in [-0.2, 0) is 34.5 Å². The smallest absolute Gasteiger partial charge is 0.245 e. The van der Waals surface area contributed by atoms with Crippen LogP contribution in [0.25, 0.3) is 0 Å². The fourth-order valence-electron chi connectivity index (χ4n) is 4.50. The Bertz CT molecular complexity index is 1240. The predicted molar refractivity (Wildman–Crippen MR) is 135 cm³/mol. The Morgan fingerprint density at radius 1 is 1.24 bits per heavy atom. The van der Waals surface area contributed by atoms with E-state index in [1.165, 1.54) is 12.4 Å². The summed E-state index contributed by atoms with van der Waals surface area (Å²) < 4.78 is 31.3. The second kappa shape index (κ2) is 11.2. The predicted octanol–water partition coefficient (Wildman–Crippen LogP) is 2.77. The van der Waals surface area contributed by atoms with E-state index in [2.05, 4.69) is 25.9 Å². The molecule has 0 aliphatic heterocycles. The van der Waals surface area contributed by atoms with E-state index in [1.807, 2.05) is 10.8 Å². The van der Waals surface area contributed by atoms with Crippen LogP contribution in [0.3, 0.4) is 0 Å². The quantitative estimate of drug-likeness (QED) is 0.362. The number of rotatable bonds is 10. The third-order valence-corrected chi connectivity index (χ3v) is 6.82. The van der Waals surface area contributed by atoms with Crippen LogP contribution in [-0.4, -0.2) is 49.5 Å². The number of hydrogen-bond donors (Lipinski definition) is 3. The molecule has 1 aliphatic rings. The molecule has 3 aromatic rings. The van der Waals surface area contributed by atoms with Gasteiger partial charge in [0.15, 0.2) is 5.82 Å². The number of aryl methyl sites for hydroxylation is 2. The van der Waals surface area contributed by atoms with Crippen molar-refractivity contribution in [1.82, 2.24) is 29.7 Å². The molecule has 2 heterocycles. The van der Waals surface area contributed by atoms with Gasteiger partial charge in [-0.3, -0.25) is 9.59 Å². The van der Waals surface area contributed by atoms with Gasteiger partial charge in [-0.15, -0.1) is 0 Å². The molecule has 37 heavy (non-hydrogen) atoms. The first-order valence-electron chi connectivity index (χ1n) is 12.5. The molecule has 2 amide bonds. The Kier molecular flexibility index (Phi) is 8.01. The monoisotopic (exact) mass is 513 g/mol. The number of halogens is 2. The minimum Gasteiger partial charge on any atom is -0.354 e. The van der Waals surface area contributed by atoms with E-state index in [0.717, 1.165) is 19.0 Å². The number of hydrogen-bond acceptors (Lipinski definition) is 5. The van der Waals surface area contributed by atoms with Crippen molar-refractivity contribution in [3.63, 3.8) is 0 Å². The lowest BCUT2D eigenvalue weighted by molar-refractivity contribution is -0.128. The number of amides is 2. The highest BCUT2D eigenvalue weighted by Crippen LogP contribution is 2.25. The molecule has 11 heteroatoms. The van der Waals surface area contributed by atoms with Crippen LogP contribution in [0.4, 0.5) is 14.6 Å². The number of nitrogens with one attached hydrogen (secondary N) is 3. The van der Waals surface area contributed by atoms with Gasteiger partial charge in [0.1, 0.15) is 17.2 Å². The van der Waals surface area contributed by atoms with Gasteiger partial charge in [-0.2, -0.15) is 0 Å². The first kappa shape index (κ1) is 26.5. The maximum atomic E-state index is 14.2. The molecule has 2 aromatic heterocycles. The molecule has 0 spiro atoms. The molecule has 1 unspecified atom stereocenters. The van der Waals surface area contributed by atoms with Gasteiger partial charge >= 0.3 is 0 Å². The summed E-state index contributed by atoms with van der Waals surface area (Å²) in [7, 11) is 0. The van der Waals surface area contributed by atoms with Crippen molar-refractivity contribution in [3.8, 4) is 0 Å². The third kappa shape index (κ3) is 6.40. The largest absolute Gasteiger partial charge is 0.354 e. The van der Waals surface area contributed by atoms with Gasteiger partial charge in [0.25, 0.3) is 0 Å². The van der Waals surface area contributed by atoms with E-state index in [9.17, 15) is 18.4 Å². The van der Waals surface area contributed by atoms with Crippen molar-refractivity contribution < 1.29 is 18.4 Å². The summed E-state index contributed by atoms with van der Waals surface area (Å²) in [6.45, 7) is 6.56. The summed E-state index contributed by atoms with van der Waals surface area (Å²) in [5.74, 6) is -1.24. The molecule has 198 valence electrons. The van der Waals surface area contributed by atoms with Gasteiger partial charge in [-0.05, 0) is 63.6 Å². The van der Waals surface area contributed by atoms with Gasteiger partial charge in [0, 0.05) is 43.8 Å². The Balaban J connectivity index is 1.27. The van der Waals surface area contributed by atoms with Crippen LogP contribution in [0.5, 0.6) is 0 Å². The summed E-state index contributed by atoms with van der Waals surface area (Å²) in [6.07, 6.45) is 10.8. The third-order valence-electron chi connectivity index (χ3n) is 6.82. The number of carbonyl (C=O) groups is 2. The molecule has 0 fully saturated rings. The van der Waals surface area contributed by atoms with E-state index >= 15 is 0 Å². The van der Waals surface area contributed by atoms with Crippen LogP contribution in [0.1, 0.15) is 44.7 Å². The Labute approximate surface area is 214 Å². The Hall–Kier alpha value is -3.60. The zero-order chi connectivity index (χ0) is 26.6. The van der Waals surface area contributed by atoms with Gasteiger partial charge < -0.3 is 25.1 Å². The highest BCUT2D eigenvalue weighted by Gasteiger charge is 2.30. The van der Waals surface area contributed by atoms with Crippen molar-refractivity contribution in [3.05, 3.63) is 66.1 Å². The molecule has 4 rings (SSSR count). The highest BCUT2D eigenvalue weighted by molar-refractivity contribution is 5.93. The summed E-state index contributed by atoms with van der Waals surface area (Å²) >= 11 is 0. The van der Waals surface area contributed by atoms with Crippen LogP contribution in [0.15, 0.2) is 43.4 Å². The zero-order valence-corrected chi connectivity index (χ0v) is 21.3. The molecular weight excluding hydrogens is 480 g/mol. The van der Waals surface area contributed by atoms with E-state index in [1.54, 1.807) is 44.1 Å². The normalized spacial score (nSPS) is 16.2. The minimum absolute atomic E-state index is 0.109. The molecular formula is C26H33F2N7O2. The van der Waals surface area contributed by atoms with E-state index in [0.29, 0.717) is 42.8 Å². The van der Waals surface area contributed by atoms with Crippen LogP contribution >= 0.6 is 0 Å². The van der Waals surface area contributed by atoms with Gasteiger partial charge in [-0.25, -0.2) is 18.7 Å². The molecule has 3 N–H and O–H groups in total. The number of benzene rings is 1. The van der Waals surface area contributed by atoms with Gasteiger partial charge in [-0.1, -0.05) is 0 Å². The fourth-order valence-corrected chi connectivity index (χ4v) is 4.50. The standard InChI is InChI=1S/C26H33F2N7O2/c1-17(32-20-6-5-18-11-19(27)12-22(28)21(18)13-20)24(36)33-23-14-35(16-31-23)26(2,3)25(37)30-7-4-9-34-10-8-29-15-34/h8,10-12,14-17,20,32H,4-7,9,13H2,1-3H3,(H,30,37)(H,33,36)/t17-,20?/m0/s1. The fraction of sp³-hybridized carbons (Fsp3) is 0.462. The van der Waals surface area contributed by atoms with Crippen molar-refractivity contribution >= 4 is 17.6 Å². The highest BCUT2D eigenvalue weighted by atomic mass is 19.1.